The van der Waals surface area contributed by atoms with Gasteiger partial charge in [0.1, 0.15) is 0 Å². The Morgan fingerprint density at radius 1 is 0.800 bits per heavy atom. The summed E-state index contributed by atoms with van der Waals surface area (Å²) in [6.07, 6.45) is 18.0. The molecule has 0 radical (unpaired) electrons. The number of hydrogen-bond acceptors (Lipinski definition) is 7. The quantitative estimate of drug-likeness (QED) is 0.151. The minimum absolute atomic E-state index is 0.0172. The molecule has 0 heterocycles. The van der Waals surface area contributed by atoms with Gasteiger partial charge in [-0.25, -0.2) is 0 Å². The number of hydrogen-bond donors (Lipinski definition) is 4. The molecule has 1 saturated carbocycles. The highest BCUT2D eigenvalue weighted by Gasteiger charge is 2.37. The highest BCUT2D eigenvalue weighted by atomic mass is 31.2. The predicted molar refractivity (Wildman–Crippen MR) is 151 cm³/mol. The fraction of sp³-hybridized carbons (Fsp3) is 0.643. The Kier molecular flexibility index (Phi) is 15.7. The molecule has 12 heteroatoms. The molecule has 1 atom stereocenters. The zero-order valence-corrected chi connectivity index (χ0v) is 24.3. The molecule has 0 saturated heterocycles. The van der Waals surface area contributed by atoms with E-state index in [0.29, 0.717) is 25.7 Å². The van der Waals surface area contributed by atoms with Crippen LogP contribution in [0.3, 0.4) is 0 Å². The topological polar surface area (TPSA) is 152 Å². The van der Waals surface area contributed by atoms with E-state index in [1.54, 1.807) is 0 Å². The third-order valence-corrected chi connectivity index (χ3v) is 8.10. The fourth-order valence-corrected chi connectivity index (χ4v) is 5.28. The number of nitrogens with one attached hydrogen (secondary N) is 4. The van der Waals surface area contributed by atoms with Gasteiger partial charge < -0.3 is 30.3 Å². The van der Waals surface area contributed by atoms with Crippen LogP contribution in [0.5, 0.6) is 0 Å². The first kappa shape index (κ1) is 34.7. The maximum absolute atomic E-state index is 13.5. The van der Waals surface area contributed by atoms with Crippen LogP contribution in [-0.4, -0.2) is 68.7 Å². The van der Waals surface area contributed by atoms with Crippen LogP contribution >= 0.6 is 7.60 Å². The van der Waals surface area contributed by atoms with E-state index >= 15 is 0 Å². The van der Waals surface area contributed by atoms with Crippen LogP contribution in [0.2, 0.25) is 0 Å². The van der Waals surface area contributed by atoms with Gasteiger partial charge in [-0.1, -0.05) is 17.8 Å². The Hall–Kier alpha value is -3.29. The van der Waals surface area contributed by atoms with Crippen molar-refractivity contribution in [3.8, 4) is 37.0 Å². The van der Waals surface area contributed by atoms with Crippen molar-refractivity contribution in [2.45, 2.75) is 75.9 Å². The summed E-state index contributed by atoms with van der Waals surface area (Å²) in [7, 11) is -1.83. The molecule has 11 nitrogen and oxygen atoms in total. The maximum atomic E-state index is 13.5. The van der Waals surface area contributed by atoms with Gasteiger partial charge in [-0.15, -0.1) is 19.3 Å². The lowest BCUT2D eigenvalue weighted by Crippen LogP contribution is -2.52. The van der Waals surface area contributed by atoms with Gasteiger partial charge in [0.05, 0.1) is 25.7 Å². The average molecular weight is 577 g/mol. The molecule has 1 aliphatic rings. The first-order valence-corrected chi connectivity index (χ1v) is 15.2. The number of terminal acetylenes is 3. The molecule has 0 spiro atoms. The molecule has 4 amide bonds. The molecule has 0 bridgehead atoms. The van der Waals surface area contributed by atoms with Gasteiger partial charge in [-0.3, -0.25) is 23.7 Å². The summed E-state index contributed by atoms with van der Waals surface area (Å²) in [6.45, 7) is 1.57. The molecule has 0 aromatic carbocycles. The molecular formula is C28H41N4O7P. The van der Waals surface area contributed by atoms with Crippen LogP contribution < -0.4 is 21.3 Å². The van der Waals surface area contributed by atoms with Crippen LogP contribution in [0.15, 0.2) is 0 Å². The van der Waals surface area contributed by atoms with Crippen LogP contribution in [-0.2, 0) is 32.8 Å². The molecule has 0 aliphatic heterocycles. The van der Waals surface area contributed by atoms with Crippen molar-refractivity contribution in [1.29, 1.82) is 0 Å². The summed E-state index contributed by atoms with van der Waals surface area (Å²) in [6, 6.07) is 0. The van der Waals surface area contributed by atoms with Crippen LogP contribution in [0.1, 0.15) is 64.2 Å². The Balaban J connectivity index is 3.09. The lowest BCUT2D eigenvalue weighted by molar-refractivity contribution is -0.131. The number of carbonyl (C=O) groups is 4. The standard InChI is InChI=1S/C28H41N4O7P/c1-6-19-29-24(33)13-16-28(17-14-25(34)30-20-7-2,18-15-26(35)31-21-8-3)32-27(36)22-9-11-23(12-10-22)39-40(5,37)38-4/h1-3,22-23H,9-21H2,4-5H3,(H,29,33)(H,30,34)(H,31,35)(H,32,36). The minimum atomic E-state index is -3.15. The molecule has 1 aliphatic carbocycles. The molecule has 1 unspecified atom stereocenters. The molecular weight excluding hydrogens is 535 g/mol. The number of carbonyl (C=O) groups excluding carboxylic acids is 4. The van der Waals surface area contributed by atoms with Gasteiger partial charge in [-0.2, -0.15) is 0 Å². The second kappa shape index (κ2) is 18.1. The smallest absolute Gasteiger partial charge is 0.327 e. The van der Waals surface area contributed by atoms with Crippen LogP contribution in [0.4, 0.5) is 0 Å². The second-order valence-electron chi connectivity index (χ2n) is 9.75. The average Bonchev–Trinajstić information content (AvgIpc) is 2.94. The van der Waals surface area contributed by atoms with Gasteiger partial charge in [0, 0.05) is 44.5 Å². The van der Waals surface area contributed by atoms with Crippen molar-refractivity contribution in [3.63, 3.8) is 0 Å². The number of amides is 4. The monoisotopic (exact) mass is 576 g/mol. The summed E-state index contributed by atoms with van der Waals surface area (Å²) >= 11 is 0. The van der Waals surface area contributed by atoms with E-state index in [1.807, 2.05) is 0 Å². The molecule has 4 N–H and O–H groups in total. The van der Waals surface area contributed by atoms with E-state index < -0.39 is 13.1 Å². The SMILES string of the molecule is C#CCNC(=O)CCC(CCC(=O)NCC#C)(CCC(=O)NCC#C)NC(=O)C1CCC(OP(C)(=O)OC)CC1. The molecule has 0 aromatic heterocycles. The van der Waals surface area contributed by atoms with Gasteiger partial charge in [0.25, 0.3) is 0 Å². The Morgan fingerprint density at radius 3 is 1.55 bits per heavy atom. The normalized spacial score (nSPS) is 18.1. The van der Waals surface area contributed by atoms with E-state index in [-0.39, 0.29) is 93.8 Å². The Labute approximate surface area is 237 Å². The van der Waals surface area contributed by atoms with E-state index in [4.69, 9.17) is 28.3 Å². The lowest BCUT2D eigenvalue weighted by atomic mass is 9.81. The van der Waals surface area contributed by atoms with E-state index in [9.17, 15) is 23.7 Å². The van der Waals surface area contributed by atoms with Crippen molar-refractivity contribution in [1.82, 2.24) is 21.3 Å². The summed E-state index contributed by atoms with van der Waals surface area (Å²) in [4.78, 5) is 50.7. The zero-order chi connectivity index (χ0) is 30.0. The van der Waals surface area contributed by atoms with E-state index in [2.05, 4.69) is 39.0 Å². The summed E-state index contributed by atoms with van der Waals surface area (Å²) in [5.74, 6) is 5.45. The van der Waals surface area contributed by atoms with E-state index in [0.717, 1.165) is 0 Å². The largest absolute Gasteiger partial charge is 0.350 e. The predicted octanol–water partition coefficient (Wildman–Crippen LogP) is 1.47. The van der Waals surface area contributed by atoms with Crippen molar-refractivity contribution in [2.24, 2.45) is 5.92 Å². The molecule has 220 valence electrons. The van der Waals surface area contributed by atoms with Gasteiger partial charge in [0.2, 0.25) is 23.6 Å². The second-order valence-corrected chi connectivity index (χ2v) is 11.9. The third kappa shape index (κ3) is 13.7. The first-order chi connectivity index (χ1) is 19.0. The van der Waals surface area contributed by atoms with Crippen molar-refractivity contribution in [2.75, 3.05) is 33.4 Å². The van der Waals surface area contributed by atoms with Crippen molar-refractivity contribution < 1.29 is 32.8 Å². The van der Waals surface area contributed by atoms with Gasteiger partial charge in [0.15, 0.2) is 0 Å². The Morgan fingerprint density at radius 2 is 1.20 bits per heavy atom. The highest BCUT2D eigenvalue weighted by molar-refractivity contribution is 7.52. The van der Waals surface area contributed by atoms with Crippen molar-refractivity contribution in [3.05, 3.63) is 0 Å². The van der Waals surface area contributed by atoms with Crippen molar-refractivity contribution >= 4 is 31.2 Å². The Bertz CT molecular complexity index is 965. The fourth-order valence-electron chi connectivity index (χ4n) is 4.44. The molecule has 1 fully saturated rings. The highest BCUT2D eigenvalue weighted by Crippen LogP contribution is 2.46. The summed E-state index contributed by atoms with van der Waals surface area (Å²) in [5.41, 5.74) is -1.05. The van der Waals surface area contributed by atoms with Crippen LogP contribution in [0, 0.1) is 42.9 Å². The maximum Gasteiger partial charge on any atom is 0.327 e. The van der Waals surface area contributed by atoms with Gasteiger partial charge in [-0.05, 0) is 44.9 Å². The van der Waals surface area contributed by atoms with Gasteiger partial charge >= 0.3 is 7.60 Å². The summed E-state index contributed by atoms with van der Waals surface area (Å²) in [5, 5.41) is 10.9. The summed E-state index contributed by atoms with van der Waals surface area (Å²) < 4.78 is 22.7. The minimum Gasteiger partial charge on any atom is -0.350 e. The third-order valence-electron chi connectivity index (χ3n) is 6.76. The molecule has 40 heavy (non-hydrogen) atoms. The lowest BCUT2D eigenvalue weighted by Gasteiger charge is -2.37. The van der Waals surface area contributed by atoms with Crippen LogP contribution in [0.25, 0.3) is 0 Å². The zero-order valence-electron chi connectivity index (χ0n) is 23.4. The molecule has 1 rings (SSSR count). The first-order valence-electron chi connectivity index (χ1n) is 13.2. The number of rotatable bonds is 17. The molecule has 0 aromatic rings. The van der Waals surface area contributed by atoms with E-state index in [1.165, 1.54) is 13.8 Å².